The summed E-state index contributed by atoms with van der Waals surface area (Å²) < 4.78 is 27.5. The Hall–Kier alpha value is -1.82. The van der Waals surface area contributed by atoms with Gasteiger partial charge in [0.15, 0.2) is 17.4 Å². The summed E-state index contributed by atoms with van der Waals surface area (Å²) in [4.78, 5) is 31.3. The molecule has 0 radical (unpaired) electrons. The predicted molar refractivity (Wildman–Crippen MR) is 86.6 cm³/mol. The van der Waals surface area contributed by atoms with Crippen molar-refractivity contribution in [2.24, 2.45) is 0 Å². The highest BCUT2D eigenvalue weighted by molar-refractivity contribution is 7.47. The third-order valence-corrected chi connectivity index (χ3v) is 4.31. The Bertz CT molecular complexity index is 822. The number of nitrogen functional groups attached to an aromatic ring is 1. The summed E-state index contributed by atoms with van der Waals surface area (Å²) in [7, 11) is -3.09. The number of aromatic amines is 1. The van der Waals surface area contributed by atoms with Gasteiger partial charge in [-0.1, -0.05) is 6.92 Å². The molecule has 0 aromatic carbocycles. The highest BCUT2D eigenvalue weighted by Gasteiger charge is 2.24. The number of H-pyrrole nitrogens is 1. The average molecular weight is 377 g/mol. The number of aromatic nitrogens is 4. The number of aliphatic hydroxyl groups excluding tert-OH is 1. The van der Waals surface area contributed by atoms with E-state index in [2.05, 4.69) is 19.5 Å². The van der Waals surface area contributed by atoms with Crippen molar-refractivity contribution in [1.82, 2.24) is 19.5 Å². The lowest BCUT2D eigenvalue weighted by molar-refractivity contribution is -0.0947. The van der Waals surface area contributed by atoms with Crippen LogP contribution in [0.15, 0.2) is 11.1 Å². The minimum atomic E-state index is -4.14. The van der Waals surface area contributed by atoms with Gasteiger partial charge in [0.25, 0.3) is 5.56 Å². The molecule has 12 nitrogen and oxygen atoms in total. The Labute approximate surface area is 142 Å². The minimum absolute atomic E-state index is 0.0415. The maximum Gasteiger partial charge on any atom is 0.472 e. The van der Waals surface area contributed by atoms with Crippen LogP contribution in [0.3, 0.4) is 0 Å². The van der Waals surface area contributed by atoms with Gasteiger partial charge in [0.05, 0.1) is 25.6 Å². The topological polar surface area (TPSA) is 175 Å². The molecule has 2 heterocycles. The molecule has 0 saturated heterocycles. The Morgan fingerprint density at radius 1 is 1.52 bits per heavy atom. The normalized spacial score (nSPS) is 16.6. The van der Waals surface area contributed by atoms with Gasteiger partial charge in [-0.05, 0) is 6.42 Å². The number of hydrogen-bond donors (Lipinski definition) is 4. The van der Waals surface area contributed by atoms with Crippen LogP contribution in [0.5, 0.6) is 0 Å². The summed E-state index contributed by atoms with van der Waals surface area (Å²) in [5.74, 6) is -0.104. The van der Waals surface area contributed by atoms with Gasteiger partial charge >= 0.3 is 7.82 Å². The van der Waals surface area contributed by atoms with Crippen LogP contribution in [-0.4, -0.2) is 55.9 Å². The van der Waals surface area contributed by atoms with Crippen LogP contribution in [0.1, 0.15) is 19.6 Å². The summed E-state index contributed by atoms with van der Waals surface area (Å²) in [6.07, 6.45) is 0.119. The minimum Gasteiger partial charge on any atom is -0.392 e. The summed E-state index contributed by atoms with van der Waals surface area (Å²) in [5.41, 5.74) is 5.19. The number of fused-ring (bicyclic) bond motifs is 1. The molecule has 0 bridgehead atoms. The van der Waals surface area contributed by atoms with Crippen LogP contribution >= 0.6 is 7.82 Å². The molecule has 0 aliphatic heterocycles. The van der Waals surface area contributed by atoms with Crippen molar-refractivity contribution in [3.8, 4) is 0 Å². The zero-order valence-corrected chi connectivity index (χ0v) is 14.5. The molecule has 5 N–H and O–H groups in total. The number of anilines is 1. The summed E-state index contributed by atoms with van der Waals surface area (Å²) in [5, 5.41) is 9.63. The van der Waals surface area contributed by atoms with Crippen molar-refractivity contribution < 1.29 is 28.3 Å². The molecule has 25 heavy (non-hydrogen) atoms. The van der Waals surface area contributed by atoms with E-state index in [1.165, 1.54) is 10.9 Å². The van der Waals surface area contributed by atoms with E-state index >= 15 is 0 Å². The lowest BCUT2D eigenvalue weighted by atomic mass is 10.3. The Morgan fingerprint density at radius 3 is 2.84 bits per heavy atom. The average Bonchev–Trinajstić information content (AvgIpc) is 2.99. The molecule has 3 atom stereocenters. The second kappa shape index (κ2) is 8.04. The molecule has 2 aromatic heterocycles. The van der Waals surface area contributed by atoms with E-state index in [1.54, 1.807) is 6.92 Å². The first kappa shape index (κ1) is 19.5. The quantitative estimate of drug-likeness (QED) is 0.426. The van der Waals surface area contributed by atoms with Crippen molar-refractivity contribution >= 4 is 24.9 Å². The third-order valence-electron chi connectivity index (χ3n) is 3.38. The second-order valence-corrected chi connectivity index (χ2v) is 6.59. The maximum atomic E-state index is 11.8. The Morgan fingerprint density at radius 2 is 2.24 bits per heavy atom. The number of ether oxygens (including phenoxy) is 1. The summed E-state index contributed by atoms with van der Waals surface area (Å²) in [6, 6.07) is 0. The van der Waals surface area contributed by atoms with Gasteiger partial charge in [0.2, 0.25) is 5.95 Å². The lowest BCUT2D eigenvalue weighted by Crippen LogP contribution is -2.27. The zero-order chi connectivity index (χ0) is 18.6. The van der Waals surface area contributed by atoms with Crippen molar-refractivity contribution in [3.63, 3.8) is 0 Å². The fraction of sp³-hybridized carbons (Fsp3) is 0.583. The molecule has 2 rings (SSSR count). The molecule has 0 aliphatic carbocycles. The van der Waals surface area contributed by atoms with Crippen molar-refractivity contribution in [1.29, 1.82) is 0 Å². The van der Waals surface area contributed by atoms with E-state index in [4.69, 9.17) is 15.0 Å². The molecule has 0 saturated carbocycles. The third kappa shape index (κ3) is 4.63. The van der Waals surface area contributed by atoms with Crippen molar-refractivity contribution in [2.75, 3.05) is 26.1 Å². The zero-order valence-electron chi connectivity index (χ0n) is 13.7. The molecule has 3 unspecified atom stereocenters. The molecule has 0 spiro atoms. The van der Waals surface area contributed by atoms with E-state index in [0.717, 1.165) is 7.11 Å². The van der Waals surface area contributed by atoms with Gasteiger partial charge in [-0.2, -0.15) is 4.98 Å². The van der Waals surface area contributed by atoms with E-state index in [0.29, 0.717) is 6.42 Å². The second-order valence-electron chi connectivity index (χ2n) is 5.03. The van der Waals surface area contributed by atoms with Crippen LogP contribution in [0.25, 0.3) is 11.2 Å². The molecule has 0 fully saturated rings. The van der Waals surface area contributed by atoms with E-state index in [-0.39, 0.29) is 23.7 Å². The number of phosphoric acid groups is 1. The molecule has 0 aliphatic rings. The predicted octanol–water partition coefficient (Wildman–Crippen LogP) is -0.249. The Kier molecular flexibility index (Phi) is 6.27. The first-order chi connectivity index (χ1) is 11.8. The number of hydrogen-bond acceptors (Lipinski definition) is 9. The summed E-state index contributed by atoms with van der Waals surface area (Å²) >= 11 is 0. The van der Waals surface area contributed by atoms with E-state index in [1.807, 2.05) is 0 Å². The standard InChI is InChI=1S/C12H20N5O7P/c1-3-7(5-23-25(20,21)22-2)24-8(4-18)17-6-14-9-10(17)15-12(13)16-11(9)19/h6-8,18H,3-5H2,1-2H3,(H,20,21)(H3,13,15,16,19). The van der Waals surface area contributed by atoms with Crippen LogP contribution in [0.2, 0.25) is 0 Å². The van der Waals surface area contributed by atoms with Gasteiger partial charge < -0.3 is 20.5 Å². The number of rotatable bonds is 9. The van der Waals surface area contributed by atoms with Crippen molar-refractivity contribution in [2.45, 2.75) is 25.7 Å². The lowest BCUT2D eigenvalue weighted by Gasteiger charge is -2.24. The smallest absolute Gasteiger partial charge is 0.392 e. The van der Waals surface area contributed by atoms with E-state index < -0.39 is 32.3 Å². The van der Waals surface area contributed by atoms with Gasteiger partial charge in [-0.25, -0.2) is 9.55 Å². The number of nitrogens with zero attached hydrogens (tertiary/aromatic N) is 3. The summed E-state index contributed by atoms with van der Waals surface area (Å²) in [6.45, 7) is 1.07. The van der Waals surface area contributed by atoms with Crippen LogP contribution in [0.4, 0.5) is 5.95 Å². The van der Waals surface area contributed by atoms with Crippen LogP contribution in [-0.2, 0) is 18.3 Å². The number of nitrogens with one attached hydrogen (secondary N) is 1. The molecule has 140 valence electrons. The van der Waals surface area contributed by atoms with Gasteiger partial charge in [-0.3, -0.25) is 23.4 Å². The number of aliphatic hydroxyl groups is 1. The number of imidazole rings is 1. The van der Waals surface area contributed by atoms with Crippen LogP contribution < -0.4 is 11.3 Å². The largest absolute Gasteiger partial charge is 0.472 e. The highest BCUT2D eigenvalue weighted by Crippen LogP contribution is 2.42. The first-order valence-electron chi connectivity index (χ1n) is 7.33. The maximum absolute atomic E-state index is 11.8. The first-order valence-corrected chi connectivity index (χ1v) is 8.82. The molecular formula is C12H20N5O7P. The van der Waals surface area contributed by atoms with Gasteiger partial charge in [-0.15, -0.1) is 0 Å². The van der Waals surface area contributed by atoms with Gasteiger partial charge in [0, 0.05) is 7.11 Å². The molecule has 2 aromatic rings. The van der Waals surface area contributed by atoms with E-state index in [9.17, 15) is 19.4 Å². The SMILES string of the molecule is CCC(COP(=O)(O)OC)OC(CO)n1cnc2c(=O)[nH]c(N)nc21. The molecule has 0 amide bonds. The fourth-order valence-corrected chi connectivity index (χ4v) is 2.52. The Balaban J connectivity index is 2.21. The van der Waals surface area contributed by atoms with Crippen LogP contribution in [0, 0.1) is 0 Å². The van der Waals surface area contributed by atoms with Gasteiger partial charge in [0.1, 0.15) is 0 Å². The molecule has 13 heteroatoms. The molecular weight excluding hydrogens is 357 g/mol. The monoisotopic (exact) mass is 377 g/mol. The number of nitrogens with two attached hydrogens (primary N) is 1. The fourth-order valence-electron chi connectivity index (χ4n) is 2.06. The number of phosphoric ester groups is 1. The van der Waals surface area contributed by atoms with Crippen molar-refractivity contribution in [3.05, 3.63) is 16.7 Å². The highest BCUT2D eigenvalue weighted by atomic mass is 31.2.